The van der Waals surface area contributed by atoms with E-state index >= 15 is 0 Å². The highest BCUT2D eigenvalue weighted by Crippen LogP contribution is 2.41. The zero-order valence-electron chi connectivity index (χ0n) is 12.6. The summed E-state index contributed by atoms with van der Waals surface area (Å²) in [6.45, 7) is 3.47. The Hall–Kier alpha value is -1.64. The highest BCUT2D eigenvalue weighted by Gasteiger charge is 2.37. The molecular weight excluding hydrogens is 256 g/mol. The number of rotatable bonds is 1. The minimum Gasteiger partial charge on any atom is -0.303 e. The van der Waals surface area contributed by atoms with Crippen LogP contribution in [-0.2, 0) is 6.42 Å². The van der Waals surface area contributed by atoms with Crippen molar-refractivity contribution in [1.29, 1.82) is 0 Å². The van der Waals surface area contributed by atoms with Gasteiger partial charge in [0, 0.05) is 31.7 Å². The second-order valence-corrected chi connectivity index (χ2v) is 6.35. The quantitative estimate of drug-likeness (QED) is 0.790. The zero-order valence-corrected chi connectivity index (χ0v) is 12.6. The molecule has 2 aliphatic heterocycles. The first-order valence-electron chi connectivity index (χ1n) is 7.90. The van der Waals surface area contributed by atoms with Crippen molar-refractivity contribution >= 4 is 0 Å². The Morgan fingerprint density at radius 1 is 0.857 bits per heavy atom. The minimum atomic E-state index is 0.528. The van der Waals surface area contributed by atoms with Gasteiger partial charge in [0.2, 0.25) is 0 Å². The first kappa shape index (κ1) is 13.1. The topological polar surface area (TPSA) is 6.48 Å². The van der Waals surface area contributed by atoms with Gasteiger partial charge >= 0.3 is 0 Å². The standard InChI is InChI=1S/C19H22N2/c1-20-11-12-21-18(15-7-3-2-4-8-15)13-16-9-5-6-10-17(16)19(21)14-20/h2-10,18-19H,11-14H2,1H3/t18-,19-/m0/s1. The summed E-state index contributed by atoms with van der Waals surface area (Å²) in [6.07, 6.45) is 1.14. The molecule has 2 heterocycles. The van der Waals surface area contributed by atoms with Crippen molar-refractivity contribution in [1.82, 2.24) is 9.80 Å². The van der Waals surface area contributed by atoms with Gasteiger partial charge in [-0.15, -0.1) is 0 Å². The number of hydrogen-bond donors (Lipinski definition) is 0. The molecule has 2 nitrogen and oxygen atoms in total. The zero-order chi connectivity index (χ0) is 14.2. The number of hydrogen-bond acceptors (Lipinski definition) is 2. The Morgan fingerprint density at radius 3 is 2.48 bits per heavy atom. The number of fused-ring (bicyclic) bond motifs is 3. The molecule has 2 atom stereocenters. The lowest BCUT2D eigenvalue weighted by Crippen LogP contribution is -2.50. The average Bonchev–Trinajstić information content (AvgIpc) is 2.55. The number of likely N-dealkylation sites (N-methyl/N-ethyl adjacent to an activating group) is 1. The summed E-state index contributed by atoms with van der Waals surface area (Å²) < 4.78 is 0. The Bertz CT molecular complexity index is 622. The van der Waals surface area contributed by atoms with E-state index in [4.69, 9.17) is 0 Å². The lowest BCUT2D eigenvalue weighted by molar-refractivity contribution is 0.0404. The maximum atomic E-state index is 2.72. The van der Waals surface area contributed by atoms with Gasteiger partial charge in [0.05, 0.1) is 0 Å². The van der Waals surface area contributed by atoms with Gasteiger partial charge < -0.3 is 4.90 Å². The fraction of sp³-hybridized carbons (Fsp3) is 0.368. The van der Waals surface area contributed by atoms with Crippen LogP contribution in [0, 0.1) is 0 Å². The molecule has 2 heteroatoms. The molecule has 4 rings (SSSR count). The third kappa shape index (κ3) is 2.29. The fourth-order valence-electron chi connectivity index (χ4n) is 3.94. The minimum absolute atomic E-state index is 0.528. The molecule has 0 N–H and O–H groups in total. The summed E-state index contributed by atoms with van der Waals surface area (Å²) in [4.78, 5) is 5.18. The van der Waals surface area contributed by atoms with Gasteiger partial charge in [-0.1, -0.05) is 54.6 Å². The molecule has 0 radical (unpaired) electrons. The lowest BCUT2D eigenvalue weighted by atomic mass is 9.84. The summed E-state index contributed by atoms with van der Waals surface area (Å²) in [7, 11) is 2.24. The van der Waals surface area contributed by atoms with Gasteiger partial charge in [0.15, 0.2) is 0 Å². The Kier molecular flexibility index (Phi) is 3.28. The van der Waals surface area contributed by atoms with Crippen molar-refractivity contribution in [3.63, 3.8) is 0 Å². The van der Waals surface area contributed by atoms with Crippen molar-refractivity contribution in [3.05, 3.63) is 71.3 Å². The van der Waals surface area contributed by atoms with Crippen LogP contribution in [0.5, 0.6) is 0 Å². The van der Waals surface area contributed by atoms with Crippen molar-refractivity contribution in [2.75, 3.05) is 26.7 Å². The molecular formula is C19H22N2. The molecule has 0 saturated carbocycles. The summed E-state index contributed by atoms with van der Waals surface area (Å²) in [6, 6.07) is 21.1. The smallest absolute Gasteiger partial charge is 0.0484 e. The molecule has 1 saturated heterocycles. The summed E-state index contributed by atoms with van der Waals surface area (Å²) in [5.74, 6) is 0. The van der Waals surface area contributed by atoms with E-state index in [0.717, 1.165) is 19.5 Å². The molecule has 0 amide bonds. The molecule has 108 valence electrons. The third-order valence-corrected chi connectivity index (χ3v) is 5.04. The molecule has 0 spiro atoms. The van der Waals surface area contributed by atoms with E-state index < -0.39 is 0 Å². The molecule has 0 aromatic heterocycles. The van der Waals surface area contributed by atoms with Gasteiger partial charge in [-0.2, -0.15) is 0 Å². The van der Waals surface area contributed by atoms with E-state index in [1.165, 1.54) is 23.2 Å². The Labute approximate surface area is 127 Å². The normalized spacial score (nSPS) is 26.1. The number of piperazine rings is 1. The Morgan fingerprint density at radius 2 is 1.62 bits per heavy atom. The van der Waals surface area contributed by atoms with Crippen LogP contribution in [0.3, 0.4) is 0 Å². The largest absolute Gasteiger partial charge is 0.303 e. The van der Waals surface area contributed by atoms with Crippen LogP contribution in [-0.4, -0.2) is 36.5 Å². The fourth-order valence-corrected chi connectivity index (χ4v) is 3.94. The van der Waals surface area contributed by atoms with Crippen LogP contribution in [0.2, 0.25) is 0 Å². The van der Waals surface area contributed by atoms with E-state index in [9.17, 15) is 0 Å². The summed E-state index contributed by atoms with van der Waals surface area (Å²) in [5, 5.41) is 0. The number of nitrogens with zero attached hydrogens (tertiary/aromatic N) is 2. The highest BCUT2D eigenvalue weighted by atomic mass is 15.3. The molecule has 2 aromatic carbocycles. The summed E-state index contributed by atoms with van der Waals surface area (Å²) >= 11 is 0. The van der Waals surface area contributed by atoms with Gasteiger partial charge in [-0.05, 0) is 30.2 Å². The second-order valence-electron chi connectivity index (χ2n) is 6.35. The molecule has 0 aliphatic carbocycles. The monoisotopic (exact) mass is 278 g/mol. The predicted octanol–water partition coefficient (Wildman–Crippen LogP) is 3.27. The van der Waals surface area contributed by atoms with Crippen LogP contribution in [0.1, 0.15) is 28.8 Å². The van der Waals surface area contributed by atoms with Crippen LogP contribution in [0.15, 0.2) is 54.6 Å². The Balaban J connectivity index is 1.77. The molecule has 2 aromatic rings. The van der Waals surface area contributed by atoms with Crippen molar-refractivity contribution in [2.45, 2.75) is 18.5 Å². The van der Waals surface area contributed by atoms with Crippen LogP contribution in [0.4, 0.5) is 0 Å². The van der Waals surface area contributed by atoms with E-state index in [0.29, 0.717) is 12.1 Å². The van der Waals surface area contributed by atoms with Crippen LogP contribution < -0.4 is 0 Å². The van der Waals surface area contributed by atoms with Crippen LogP contribution in [0.25, 0.3) is 0 Å². The van der Waals surface area contributed by atoms with Gasteiger partial charge in [0.1, 0.15) is 0 Å². The predicted molar refractivity (Wildman–Crippen MR) is 86.3 cm³/mol. The first-order valence-corrected chi connectivity index (χ1v) is 7.90. The van der Waals surface area contributed by atoms with Gasteiger partial charge in [-0.25, -0.2) is 0 Å². The highest BCUT2D eigenvalue weighted by molar-refractivity contribution is 5.36. The first-order chi connectivity index (χ1) is 10.3. The second kappa shape index (κ2) is 5.28. The molecule has 0 bridgehead atoms. The van der Waals surface area contributed by atoms with Crippen molar-refractivity contribution in [2.24, 2.45) is 0 Å². The third-order valence-electron chi connectivity index (χ3n) is 5.04. The lowest BCUT2D eigenvalue weighted by Gasteiger charge is -2.48. The van der Waals surface area contributed by atoms with Crippen molar-refractivity contribution in [3.8, 4) is 0 Å². The van der Waals surface area contributed by atoms with E-state index in [2.05, 4.69) is 71.4 Å². The summed E-state index contributed by atoms with van der Waals surface area (Å²) in [5.41, 5.74) is 4.53. The van der Waals surface area contributed by atoms with Crippen molar-refractivity contribution < 1.29 is 0 Å². The van der Waals surface area contributed by atoms with E-state index in [-0.39, 0.29) is 0 Å². The van der Waals surface area contributed by atoms with Gasteiger partial charge in [0.25, 0.3) is 0 Å². The van der Waals surface area contributed by atoms with E-state index in [1.54, 1.807) is 0 Å². The SMILES string of the molecule is CN1CCN2[C@H](c3ccccc3)Cc3ccccc3[C@@H]2C1. The average molecular weight is 278 g/mol. The number of benzene rings is 2. The van der Waals surface area contributed by atoms with E-state index in [1.807, 2.05) is 0 Å². The molecule has 0 unspecified atom stereocenters. The molecule has 2 aliphatic rings. The molecule has 21 heavy (non-hydrogen) atoms. The maximum Gasteiger partial charge on any atom is 0.0484 e. The van der Waals surface area contributed by atoms with Gasteiger partial charge in [-0.3, -0.25) is 4.90 Å². The van der Waals surface area contributed by atoms with Crippen LogP contribution >= 0.6 is 0 Å². The maximum absolute atomic E-state index is 2.72. The molecule has 1 fully saturated rings.